The first-order valence-corrected chi connectivity index (χ1v) is 5.60. The summed E-state index contributed by atoms with van der Waals surface area (Å²) in [5.74, 6) is -2.75. The van der Waals surface area contributed by atoms with Crippen molar-refractivity contribution in [3.63, 3.8) is 0 Å². The van der Waals surface area contributed by atoms with Crippen LogP contribution >= 0.6 is 0 Å². The third-order valence-electron chi connectivity index (χ3n) is 2.78. The third kappa shape index (κ3) is 2.87. The lowest BCUT2D eigenvalue weighted by molar-refractivity contribution is -0.122. The molecule has 2 amide bonds. The van der Waals surface area contributed by atoms with Gasteiger partial charge < -0.3 is 15.7 Å². The Hall–Kier alpha value is -2.44. The molecule has 1 heterocycles. The maximum absolute atomic E-state index is 13.5. The maximum atomic E-state index is 13.5. The molecule has 0 bridgehead atoms. The Morgan fingerprint density at radius 1 is 1.42 bits per heavy atom. The minimum atomic E-state index is -1.22. The molecule has 0 aromatic heterocycles. The molecule has 1 saturated heterocycles. The Kier molecular flexibility index (Phi) is 3.46. The van der Waals surface area contributed by atoms with Crippen LogP contribution in [0.5, 0.6) is 0 Å². The van der Waals surface area contributed by atoms with Gasteiger partial charge in [0.1, 0.15) is 11.9 Å². The summed E-state index contributed by atoms with van der Waals surface area (Å²) in [6.45, 7) is 0. The normalized spacial score (nSPS) is 17.9. The van der Waals surface area contributed by atoms with Crippen LogP contribution in [0.1, 0.15) is 23.2 Å². The zero-order valence-corrected chi connectivity index (χ0v) is 9.77. The molecule has 100 valence electrons. The van der Waals surface area contributed by atoms with Crippen LogP contribution in [0.4, 0.5) is 10.1 Å². The average molecular weight is 266 g/mol. The number of hydrogen-bond acceptors (Lipinski definition) is 3. The molecule has 1 aliphatic rings. The van der Waals surface area contributed by atoms with E-state index < -0.39 is 23.7 Å². The van der Waals surface area contributed by atoms with Crippen LogP contribution in [0.2, 0.25) is 0 Å². The fourth-order valence-corrected chi connectivity index (χ4v) is 1.78. The zero-order chi connectivity index (χ0) is 14.0. The number of benzene rings is 1. The molecule has 6 nitrogen and oxygen atoms in total. The van der Waals surface area contributed by atoms with Gasteiger partial charge in [-0.3, -0.25) is 9.59 Å². The number of nitrogens with one attached hydrogen (secondary N) is 2. The molecule has 0 saturated carbocycles. The molecule has 1 fully saturated rings. The molecule has 0 unspecified atom stereocenters. The van der Waals surface area contributed by atoms with Crippen LogP contribution in [0, 0.1) is 5.82 Å². The first-order chi connectivity index (χ1) is 8.97. The van der Waals surface area contributed by atoms with Gasteiger partial charge in [0.05, 0.1) is 11.3 Å². The van der Waals surface area contributed by atoms with Crippen LogP contribution in [-0.4, -0.2) is 28.9 Å². The molecule has 0 spiro atoms. The molecule has 1 atom stereocenters. The first-order valence-electron chi connectivity index (χ1n) is 5.60. The van der Waals surface area contributed by atoms with Crippen molar-refractivity contribution >= 4 is 23.5 Å². The molecule has 1 aliphatic heterocycles. The SMILES string of the molecule is O=C1CC[C@@H](C(=O)Nc2cc(C(=O)O)ccc2F)N1. The van der Waals surface area contributed by atoms with E-state index in [2.05, 4.69) is 10.6 Å². The number of carboxylic acid groups (broad SMARTS) is 1. The molecule has 1 aromatic rings. The van der Waals surface area contributed by atoms with Crippen LogP contribution < -0.4 is 10.6 Å². The van der Waals surface area contributed by atoms with Gasteiger partial charge in [0, 0.05) is 6.42 Å². The van der Waals surface area contributed by atoms with Crippen molar-refractivity contribution in [2.45, 2.75) is 18.9 Å². The first kappa shape index (κ1) is 13.0. The molecule has 19 heavy (non-hydrogen) atoms. The Bertz CT molecular complexity index is 559. The van der Waals surface area contributed by atoms with Gasteiger partial charge in [-0.05, 0) is 24.6 Å². The van der Waals surface area contributed by atoms with Gasteiger partial charge >= 0.3 is 5.97 Å². The third-order valence-corrected chi connectivity index (χ3v) is 2.78. The number of rotatable bonds is 3. The Morgan fingerprint density at radius 3 is 2.74 bits per heavy atom. The number of anilines is 1. The number of aromatic carboxylic acids is 1. The molecule has 2 rings (SSSR count). The van der Waals surface area contributed by atoms with Crippen LogP contribution in [0.25, 0.3) is 0 Å². The lowest BCUT2D eigenvalue weighted by atomic mass is 10.1. The highest BCUT2D eigenvalue weighted by molar-refractivity contribution is 6.00. The maximum Gasteiger partial charge on any atom is 0.335 e. The zero-order valence-electron chi connectivity index (χ0n) is 9.77. The summed E-state index contributed by atoms with van der Waals surface area (Å²) >= 11 is 0. The summed E-state index contributed by atoms with van der Waals surface area (Å²) in [4.78, 5) is 33.5. The second-order valence-electron chi connectivity index (χ2n) is 4.15. The van der Waals surface area contributed by atoms with Gasteiger partial charge in [-0.1, -0.05) is 0 Å². The fourth-order valence-electron chi connectivity index (χ4n) is 1.78. The quantitative estimate of drug-likeness (QED) is 0.752. The summed E-state index contributed by atoms with van der Waals surface area (Å²) in [6.07, 6.45) is 0.584. The lowest BCUT2D eigenvalue weighted by Crippen LogP contribution is -2.37. The Balaban J connectivity index is 2.14. The predicted molar refractivity (Wildman–Crippen MR) is 63.2 cm³/mol. The van der Waals surface area contributed by atoms with Gasteiger partial charge in [0.2, 0.25) is 11.8 Å². The molecular formula is C12H11FN2O4. The van der Waals surface area contributed by atoms with Gasteiger partial charge in [0.25, 0.3) is 0 Å². The molecule has 0 radical (unpaired) electrons. The number of carboxylic acids is 1. The van der Waals surface area contributed by atoms with Crippen molar-refractivity contribution in [2.75, 3.05) is 5.32 Å². The number of hydrogen-bond donors (Lipinski definition) is 3. The standard InChI is InChI=1S/C12H11FN2O4/c13-7-2-1-6(12(18)19)5-9(7)15-11(17)8-3-4-10(16)14-8/h1-2,5,8H,3-4H2,(H,14,16)(H,15,17)(H,18,19)/t8-/m0/s1. The number of amides is 2. The summed E-state index contributed by atoms with van der Waals surface area (Å²) in [7, 11) is 0. The van der Waals surface area contributed by atoms with Crippen LogP contribution in [0.15, 0.2) is 18.2 Å². The number of carbonyl (C=O) groups is 3. The van der Waals surface area contributed by atoms with Crippen molar-refractivity contribution in [3.05, 3.63) is 29.6 Å². The molecule has 0 aliphatic carbocycles. The summed E-state index contributed by atoms with van der Waals surface area (Å²) in [5, 5.41) is 13.5. The van der Waals surface area contributed by atoms with Gasteiger partial charge in [-0.25, -0.2) is 9.18 Å². The summed E-state index contributed by atoms with van der Waals surface area (Å²) in [6, 6.07) is 2.39. The van der Waals surface area contributed by atoms with E-state index in [0.717, 1.165) is 18.2 Å². The van der Waals surface area contributed by atoms with E-state index in [-0.39, 0.29) is 23.6 Å². The highest BCUT2D eigenvalue weighted by Crippen LogP contribution is 2.18. The predicted octanol–water partition coefficient (Wildman–Crippen LogP) is 0.741. The second-order valence-corrected chi connectivity index (χ2v) is 4.15. The smallest absolute Gasteiger partial charge is 0.335 e. The van der Waals surface area contributed by atoms with Crippen LogP contribution in [-0.2, 0) is 9.59 Å². The minimum absolute atomic E-state index is 0.132. The van der Waals surface area contributed by atoms with Gasteiger partial charge in [-0.2, -0.15) is 0 Å². The lowest BCUT2D eigenvalue weighted by Gasteiger charge is -2.11. The second kappa shape index (κ2) is 5.05. The Labute approximate surface area is 107 Å². The van der Waals surface area contributed by atoms with Gasteiger partial charge in [0.15, 0.2) is 0 Å². The number of carbonyl (C=O) groups excluding carboxylic acids is 2. The monoisotopic (exact) mass is 266 g/mol. The van der Waals surface area contributed by atoms with Crippen molar-refractivity contribution < 1.29 is 23.9 Å². The minimum Gasteiger partial charge on any atom is -0.478 e. The molecule has 7 heteroatoms. The number of halogens is 1. The van der Waals surface area contributed by atoms with E-state index in [1.54, 1.807) is 0 Å². The van der Waals surface area contributed by atoms with E-state index >= 15 is 0 Å². The van der Waals surface area contributed by atoms with Crippen molar-refractivity contribution in [2.24, 2.45) is 0 Å². The van der Waals surface area contributed by atoms with E-state index in [9.17, 15) is 18.8 Å². The molecular weight excluding hydrogens is 255 g/mol. The largest absolute Gasteiger partial charge is 0.478 e. The summed E-state index contributed by atoms with van der Waals surface area (Å²) in [5.41, 5.74) is -0.349. The molecule has 1 aromatic carbocycles. The van der Waals surface area contributed by atoms with E-state index in [0.29, 0.717) is 6.42 Å². The van der Waals surface area contributed by atoms with E-state index in [1.165, 1.54) is 0 Å². The van der Waals surface area contributed by atoms with Crippen molar-refractivity contribution in [3.8, 4) is 0 Å². The topological polar surface area (TPSA) is 95.5 Å². The highest BCUT2D eigenvalue weighted by atomic mass is 19.1. The Morgan fingerprint density at radius 2 is 2.16 bits per heavy atom. The van der Waals surface area contributed by atoms with Gasteiger partial charge in [-0.15, -0.1) is 0 Å². The van der Waals surface area contributed by atoms with Crippen molar-refractivity contribution in [1.82, 2.24) is 5.32 Å². The molecule has 3 N–H and O–H groups in total. The highest BCUT2D eigenvalue weighted by Gasteiger charge is 2.27. The van der Waals surface area contributed by atoms with Crippen LogP contribution in [0.3, 0.4) is 0 Å². The average Bonchev–Trinajstić information content (AvgIpc) is 2.78. The van der Waals surface area contributed by atoms with Crippen molar-refractivity contribution in [1.29, 1.82) is 0 Å². The fraction of sp³-hybridized carbons (Fsp3) is 0.250. The van der Waals surface area contributed by atoms with E-state index in [1.807, 2.05) is 0 Å². The van der Waals surface area contributed by atoms with E-state index in [4.69, 9.17) is 5.11 Å². The summed E-state index contributed by atoms with van der Waals surface area (Å²) < 4.78 is 13.5.